The van der Waals surface area contributed by atoms with Crippen molar-refractivity contribution in [3.8, 4) is 11.8 Å². The minimum absolute atomic E-state index is 0.533. The van der Waals surface area contributed by atoms with E-state index < -0.39 is 0 Å². The van der Waals surface area contributed by atoms with Crippen LogP contribution in [0.5, 0.6) is 0 Å². The van der Waals surface area contributed by atoms with Gasteiger partial charge in [-0.25, -0.2) is 0 Å². The van der Waals surface area contributed by atoms with Gasteiger partial charge in [0.25, 0.3) is 0 Å². The molecule has 0 saturated carbocycles. The second-order valence-corrected chi connectivity index (χ2v) is 3.61. The Labute approximate surface area is 86.5 Å². The minimum atomic E-state index is 0.533. The smallest absolute Gasteiger partial charge is 0.0245 e. The first-order valence-electron chi connectivity index (χ1n) is 4.97. The molecule has 0 atom stereocenters. The average molecular weight is 187 g/mol. The zero-order chi connectivity index (χ0) is 10.4. The van der Waals surface area contributed by atoms with Crippen LogP contribution in [0.15, 0.2) is 24.3 Å². The zero-order valence-electron chi connectivity index (χ0n) is 9.09. The van der Waals surface area contributed by atoms with Gasteiger partial charge in [0.1, 0.15) is 0 Å². The number of rotatable bonds is 3. The topological polar surface area (TPSA) is 12.0 Å². The Morgan fingerprint density at radius 3 is 2.36 bits per heavy atom. The number of nitrogens with one attached hydrogen (secondary N) is 1. The molecule has 0 aliphatic carbocycles. The zero-order valence-corrected chi connectivity index (χ0v) is 9.09. The number of hydrogen-bond acceptors (Lipinski definition) is 1. The van der Waals surface area contributed by atoms with Crippen molar-refractivity contribution in [1.82, 2.24) is 5.32 Å². The van der Waals surface area contributed by atoms with E-state index in [4.69, 9.17) is 0 Å². The first-order chi connectivity index (χ1) is 6.72. The highest BCUT2D eigenvalue weighted by Crippen LogP contribution is 2.03. The summed E-state index contributed by atoms with van der Waals surface area (Å²) in [5.41, 5.74) is 2.39. The molecular formula is C13H17N. The molecule has 74 valence electrons. The maximum Gasteiger partial charge on any atom is 0.0245 e. The first kappa shape index (κ1) is 10.8. The Balaban J connectivity index is 2.58. The van der Waals surface area contributed by atoms with E-state index >= 15 is 0 Å². The molecule has 14 heavy (non-hydrogen) atoms. The lowest BCUT2D eigenvalue weighted by atomic mass is 10.1. The third-order valence-corrected chi connectivity index (χ3v) is 1.94. The van der Waals surface area contributed by atoms with Gasteiger partial charge in [0.05, 0.1) is 0 Å². The van der Waals surface area contributed by atoms with E-state index in [1.165, 1.54) is 5.56 Å². The van der Waals surface area contributed by atoms with Crippen LogP contribution in [0.1, 0.15) is 31.9 Å². The van der Waals surface area contributed by atoms with Crippen molar-refractivity contribution in [3.63, 3.8) is 0 Å². The van der Waals surface area contributed by atoms with Gasteiger partial charge in [0.15, 0.2) is 0 Å². The summed E-state index contributed by atoms with van der Waals surface area (Å²) in [7, 11) is 0. The molecule has 0 aliphatic heterocycles. The molecule has 0 amide bonds. The van der Waals surface area contributed by atoms with E-state index in [0.717, 1.165) is 12.1 Å². The summed E-state index contributed by atoms with van der Waals surface area (Å²) in [5.74, 6) is 5.92. The van der Waals surface area contributed by atoms with E-state index in [2.05, 4.69) is 55.3 Å². The van der Waals surface area contributed by atoms with Crippen LogP contribution in [0.2, 0.25) is 0 Å². The van der Waals surface area contributed by atoms with Crippen LogP contribution < -0.4 is 5.32 Å². The normalized spacial score (nSPS) is 9.71. The van der Waals surface area contributed by atoms with Crippen molar-refractivity contribution in [1.29, 1.82) is 0 Å². The molecule has 1 N–H and O–H groups in total. The molecule has 0 fully saturated rings. The van der Waals surface area contributed by atoms with Crippen LogP contribution >= 0.6 is 0 Å². The molecular weight excluding hydrogens is 170 g/mol. The van der Waals surface area contributed by atoms with Crippen LogP contribution in [0, 0.1) is 11.8 Å². The number of benzene rings is 1. The molecule has 0 radical (unpaired) electrons. The lowest BCUT2D eigenvalue weighted by Crippen LogP contribution is -2.21. The highest BCUT2D eigenvalue weighted by molar-refractivity contribution is 5.35. The van der Waals surface area contributed by atoms with Gasteiger partial charge in [-0.1, -0.05) is 31.9 Å². The molecule has 0 spiro atoms. The average Bonchev–Trinajstić information content (AvgIpc) is 2.17. The summed E-state index contributed by atoms with van der Waals surface area (Å²) in [6.45, 7) is 7.08. The van der Waals surface area contributed by atoms with Crippen molar-refractivity contribution in [3.05, 3.63) is 35.4 Å². The van der Waals surface area contributed by atoms with E-state index in [1.54, 1.807) is 0 Å². The molecule has 0 aromatic heterocycles. The predicted molar refractivity (Wildman–Crippen MR) is 61.0 cm³/mol. The highest BCUT2D eigenvalue weighted by Gasteiger charge is 1.94. The van der Waals surface area contributed by atoms with Crippen molar-refractivity contribution in [2.45, 2.75) is 33.4 Å². The van der Waals surface area contributed by atoms with Gasteiger partial charge in [0, 0.05) is 18.2 Å². The van der Waals surface area contributed by atoms with Gasteiger partial charge < -0.3 is 5.32 Å². The lowest BCUT2D eigenvalue weighted by Gasteiger charge is -2.07. The Morgan fingerprint density at radius 2 is 1.86 bits per heavy atom. The largest absolute Gasteiger partial charge is 0.310 e. The van der Waals surface area contributed by atoms with Gasteiger partial charge in [-0.2, -0.15) is 0 Å². The molecule has 0 saturated heterocycles. The van der Waals surface area contributed by atoms with Crippen molar-refractivity contribution < 1.29 is 0 Å². The Morgan fingerprint density at radius 1 is 1.21 bits per heavy atom. The molecule has 0 aliphatic rings. The molecule has 1 nitrogen and oxygen atoms in total. The SMILES string of the molecule is CC#Cc1ccc(CNC(C)C)cc1. The van der Waals surface area contributed by atoms with Crippen molar-refractivity contribution >= 4 is 0 Å². The van der Waals surface area contributed by atoms with E-state index in [1.807, 2.05) is 6.92 Å². The van der Waals surface area contributed by atoms with Gasteiger partial charge >= 0.3 is 0 Å². The third-order valence-electron chi connectivity index (χ3n) is 1.94. The summed E-state index contributed by atoms with van der Waals surface area (Å²) in [4.78, 5) is 0. The molecule has 1 rings (SSSR count). The quantitative estimate of drug-likeness (QED) is 0.717. The summed E-state index contributed by atoms with van der Waals surface area (Å²) in [5, 5.41) is 3.38. The van der Waals surface area contributed by atoms with Crippen LogP contribution in [0.4, 0.5) is 0 Å². The maximum absolute atomic E-state index is 3.38. The molecule has 0 bridgehead atoms. The van der Waals surface area contributed by atoms with Crippen LogP contribution in [-0.4, -0.2) is 6.04 Å². The van der Waals surface area contributed by atoms with Crippen LogP contribution in [-0.2, 0) is 6.54 Å². The van der Waals surface area contributed by atoms with Gasteiger partial charge in [-0.05, 0) is 24.6 Å². The van der Waals surface area contributed by atoms with E-state index in [-0.39, 0.29) is 0 Å². The Bertz CT molecular complexity index is 324. The maximum atomic E-state index is 3.38. The molecule has 1 heteroatoms. The summed E-state index contributed by atoms with van der Waals surface area (Å²) in [6.07, 6.45) is 0. The van der Waals surface area contributed by atoms with Gasteiger partial charge in [-0.15, -0.1) is 5.92 Å². The lowest BCUT2D eigenvalue weighted by molar-refractivity contribution is 0.589. The highest BCUT2D eigenvalue weighted by atomic mass is 14.9. The fourth-order valence-corrected chi connectivity index (χ4v) is 1.17. The predicted octanol–water partition coefficient (Wildman–Crippen LogP) is 2.56. The monoisotopic (exact) mass is 187 g/mol. The summed E-state index contributed by atoms with van der Waals surface area (Å²) >= 11 is 0. The van der Waals surface area contributed by atoms with Crippen molar-refractivity contribution in [2.24, 2.45) is 0 Å². The summed E-state index contributed by atoms with van der Waals surface area (Å²) in [6, 6.07) is 8.90. The molecule has 0 heterocycles. The Kier molecular flexibility index (Phi) is 4.22. The van der Waals surface area contributed by atoms with E-state index in [9.17, 15) is 0 Å². The minimum Gasteiger partial charge on any atom is -0.310 e. The molecule has 1 aromatic carbocycles. The first-order valence-corrected chi connectivity index (χ1v) is 4.97. The van der Waals surface area contributed by atoms with Crippen LogP contribution in [0.25, 0.3) is 0 Å². The fraction of sp³-hybridized carbons (Fsp3) is 0.385. The van der Waals surface area contributed by atoms with Gasteiger partial charge in [0.2, 0.25) is 0 Å². The Hall–Kier alpha value is -1.26. The summed E-state index contributed by atoms with van der Waals surface area (Å²) < 4.78 is 0. The second kappa shape index (κ2) is 5.47. The molecule has 1 aromatic rings. The number of hydrogen-bond donors (Lipinski definition) is 1. The third kappa shape index (κ3) is 3.64. The van der Waals surface area contributed by atoms with Crippen molar-refractivity contribution in [2.75, 3.05) is 0 Å². The second-order valence-electron chi connectivity index (χ2n) is 3.61. The van der Waals surface area contributed by atoms with Crippen LogP contribution in [0.3, 0.4) is 0 Å². The molecule has 0 unspecified atom stereocenters. The van der Waals surface area contributed by atoms with E-state index in [0.29, 0.717) is 6.04 Å². The fourth-order valence-electron chi connectivity index (χ4n) is 1.17. The van der Waals surface area contributed by atoms with Gasteiger partial charge in [-0.3, -0.25) is 0 Å². The standard InChI is InChI=1S/C13H17N/c1-4-5-12-6-8-13(9-7-12)10-14-11(2)3/h6-9,11,14H,10H2,1-3H3.